The maximum atomic E-state index is 12.7. The molecule has 0 aliphatic carbocycles. The summed E-state index contributed by atoms with van der Waals surface area (Å²) in [6.07, 6.45) is 1.63. The van der Waals surface area contributed by atoms with Crippen LogP contribution >= 0.6 is 0 Å². The second-order valence-corrected chi connectivity index (χ2v) is 7.22. The zero-order chi connectivity index (χ0) is 18.8. The first kappa shape index (κ1) is 18.2. The Morgan fingerprint density at radius 3 is 2.31 bits per heavy atom. The number of nitrogens with one attached hydrogen (secondary N) is 2. The average molecular weight is 354 g/mol. The number of amides is 2. The molecule has 3 rings (SSSR count). The van der Waals surface area contributed by atoms with Gasteiger partial charge in [-0.3, -0.25) is 4.79 Å². The number of carbonyl (C=O) groups is 1. The van der Waals surface area contributed by atoms with Gasteiger partial charge in [-0.05, 0) is 51.7 Å². The Balaban J connectivity index is 1.65. The minimum Gasteiger partial charge on any atom is -0.324 e. The fourth-order valence-corrected chi connectivity index (χ4v) is 3.75. The number of benzene rings is 1. The molecular weight excluding hydrogens is 328 g/mol. The number of likely N-dealkylation sites (tertiary alicyclic amines) is 1. The number of nitrogens with zero attached hydrogens (tertiary/aromatic N) is 2. The van der Waals surface area contributed by atoms with Gasteiger partial charge in [-0.2, -0.15) is 0 Å². The van der Waals surface area contributed by atoms with Crippen LogP contribution in [0.3, 0.4) is 0 Å². The molecule has 26 heavy (non-hydrogen) atoms. The molecule has 1 saturated heterocycles. The molecule has 0 atom stereocenters. The minimum atomic E-state index is -0.113. The molecule has 2 aromatic rings. The van der Waals surface area contributed by atoms with Crippen LogP contribution in [0.15, 0.2) is 23.0 Å². The molecular formula is C20H26N4O2. The summed E-state index contributed by atoms with van der Waals surface area (Å²) < 4.78 is 0. The molecule has 6 heteroatoms. The van der Waals surface area contributed by atoms with Crippen molar-refractivity contribution in [3.63, 3.8) is 0 Å². The lowest BCUT2D eigenvalue weighted by Crippen LogP contribution is -2.41. The van der Waals surface area contributed by atoms with Crippen molar-refractivity contribution < 1.29 is 4.79 Å². The van der Waals surface area contributed by atoms with Crippen LogP contribution in [-0.4, -0.2) is 34.0 Å². The lowest BCUT2D eigenvalue weighted by Gasteiger charge is -2.32. The van der Waals surface area contributed by atoms with Crippen LogP contribution in [0.5, 0.6) is 0 Å². The molecule has 2 amide bonds. The summed E-state index contributed by atoms with van der Waals surface area (Å²) >= 11 is 0. The van der Waals surface area contributed by atoms with Crippen LogP contribution in [0, 0.1) is 27.7 Å². The van der Waals surface area contributed by atoms with Gasteiger partial charge in [0.2, 0.25) is 0 Å². The van der Waals surface area contributed by atoms with E-state index in [1.54, 1.807) is 13.0 Å². The minimum absolute atomic E-state index is 0.0615. The first-order chi connectivity index (χ1) is 12.3. The van der Waals surface area contributed by atoms with Crippen LogP contribution in [0.2, 0.25) is 0 Å². The highest BCUT2D eigenvalue weighted by Gasteiger charge is 2.25. The van der Waals surface area contributed by atoms with E-state index in [9.17, 15) is 9.59 Å². The van der Waals surface area contributed by atoms with Crippen LogP contribution in [0.25, 0.3) is 0 Å². The number of anilines is 1. The lowest BCUT2D eigenvalue weighted by molar-refractivity contribution is 0.194. The monoisotopic (exact) mass is 354 g/mol. The Morgan fingerprint density at radius 2 is 1.73 bits per heavy atom. The second-order valence-electron chi connectivity index (χ2n) is 7.22. The van der Waals surface area contributed by atoms with E-state index in [0.717, 1.165) is 35.3 Å². The van der Waals surface area contributed by atoms with Crippen molar-refractivity contribution in [2.45, 2.75) is 46.5 Å². The highest BCUT2D eigenvalue weighted by atomic mass is 16.2. The summed E-state index contributed by atoms with van der Waals surface area (Å²) in [6, 6.07) is 5.67. The number of piperidine rings is 1. The lowest BCUT2D eigenvalue weighted by atomic mass is 9.93. The SMILES string of the molecule is Cc1cc(C)c(NC(=O)N2CCC(c3cc(=O)[nH]c(C)n3)CC2)c(C)c1. The third-order valence-corrected chi connectivity index (χ3v) is 4.99. The number of rotatable bonds is 2. The number of hydrogen-bond donors (Lipinski definition) is 2. The van der Waals surface area contributed by atoms with E-state index in [1.165, 1.54) is 5.56 Å². The predicted molar refractivity (Wildman–Crippen MR) is 103 cm³/mol. The quantitative estimate of drug-likeness (QED) is 0.867. The molecule has 2 heterocycles. The Kier molecular flexibility index (Phi) is 5.11. The number of urea groups is 1. The predicted octanol–water partition coefficient (Wildman–Crippen LogP) is 3.42. The van der Waals surface area contributed by atoms with Crippen LogP contribution < -0.4 is 10.9 Å². The maximum Gasteiger partial charge on any atom is 0.321 e. The molecule has 1 aromatic heterocycles. The van der Waals surface area contributed by atoms with Crippen molar-refractivity contribution >= 4 is 11.7 Å². The normalized spacial score (nSPS) is 15.2. The van der Waals surface area contributed by atoms with E-state index >= 15 is 0 Å². The van der Waals surface area contributed by atoms with Gasteiger partial charge in [-0.15, -0.1) is 0 Å². The highest BCUT2D eigenvalue weighted by Crippen LogP contribution is 2.27. The summed E-state index contributed by atoms with van der Waals surface area (Å²) in [4.78, 5) is 33.3. The molecule has 2 N–H and O–H groups in total. The van der Waals surface area contributed by atoms with Gasteiger partial charge in [0.25, 0.3) is 5.56 Å². The van der Waals surface area contributed by atoms with E-state index in [-0.39, 0.29) is 17.5 Å². The van der Waals surface area contributed by atoms with Crippen LogP contribution in [0.4, 0.5) is 10.5 Å². The zero-order valence-electron chi connectivity index (χ0n) is 15.8. The van der Waals surface area contributed by atoms with E-state index in [2.05, 4.69) is 34.3 Å². The summed E-state index contributed by atoms with van der Waals surface area (Å²) in [5.74, 6) is 0.862. The van der Waals surface area contributed by atoms with Gasteiger partial charge in [0.05, 0.1) is 5.69 Å². The van der Waals surface area contributed by atoms with E-state index in [4.69, 9.17) is 0 Å². The smallest absolute Gasteiger partial charge is 0.321 e. The first-order valence-corrected chi connectivity index (χ1v) is 9.05. The third-order valence-electron chi connectivity index (χ3n) is 4.99. The van der Waals surface area contributed by atoms with E-state index in [0.29, 0.717) is 18.9 Å². The molecule has 6 nitrogen and oxygen atoms in total. The van der Waals surface area contributed by atoms with Gasteiger partial charge >= 0.3 is 6.03 Å². The Hall–Kier alpha value is -2.63. The molecule has 1 aliphatic rings. The standard InChI is InChI=1S/C20H26N4O2/c1-12-9-13(2)19(14(3)10-12)23-20(26)24-7-5-16(6-8-24)17-11-18(25)22-15(4)21-17/h9-11,16H,5-8H2,1-4H3,(H,23,26)(H,21,22,25). The molecule has 0 bridgehead atoms. The molecule has 1 fully saturated rings. The van der Waals surface area contributed by atoms with Crippen molar-refractivity contribution in [3.05, 3.63) is 56.8 Å². The number of H-pyrrole nitrogens is 1. The van der Waals surface area contributed by atoms with Crippen molar-refractivity contribution in [1.82, 2.24) is 14.9 Å². The third kappa shape index (κ3) is 3.95. The average Bonchev–Trinajstić information content (AvgIpc) is 2.57. The fourth-order valence-electron chi connectivity index (χ4n) is 3.75. The van der Waals surface area contributed by atoms with Gasteiger partial charge in [0.1, 0.15) is 5.82 Å². The van der Waals surface area contributed by atoms with Gasteiger partial charge in [0, 0.05) is 30.8 Å². The van der Waals surface area contributed by atoms with Gasteiger partial charge in [-0.1, -0.05) is 17.7 Å². The van der Waals surface area contributed by atoms with Crippen LogP contribution in [0.1, 0.15) is 47.0 Å². The van der Waals surface area contributed by atoms with Crippen molar-refractivity contribution in [2.75, 3.05) is 18.4 Å². The summed E-state index contributed by atoms with van der Waals surface area (Å²) in [7, 11) is 0. The van der Waals surface area contributed by atoms with E-state index in [1.807, 2.05) is 18.7 Å². The van der Waals surface area contributed by atoms with Gasteiger partial charge in [0.15, 0.2) is 0 Å². The van der Waals surface area contributed by atoms with Crippen molar-refractivity contribution in [3.8, 4) is 0 Å². The zero-order valence-corrected chi connectivity index (χ0v) is 15.8. The molecule has 0 radical (unpaired) electrons. The maximum absolute atomic E-state index is 12.7. The Bertz CT molecular complexity index is 857. The van der Waals surface area contributed by atoms with Crippen molar-refractivity contribution in [2.24, 2.45) is 0 Å². The molecule has 138 valence electrons. The van der Waals surface area contributed by atoms with Gasteiger partial charge in [-0.25, -0.2) is 9.78 Å². The fraction of sp³-hybridized carbons (Fsp3) is 0.450. The molecule has 0 unspecified atom stereocenters. The van der Waals surface area contributed by atoms with Gasteiger partial charge < -0.3 is 15.2 Å². The number of aromatic amines is 1. The van der Waals surface area contributed by atoms with Crippen molar-refractivity contribution in [1.29, 1.82) is 0 Å². The van der Waals surface area contributed by atoms with E-state index < -0.39 is 0 Å². The second kappa shape index (κ2) is 7.32. The Labute approximate surface area is 153 Å². The summed E-state index contributed by atoms with van der Waals surface area (Å²) in [5.41, 5.74) is 4.96. The largest absolute Gasteiger partial charge is 0.324 e. The Morgan fingerprint density at radius 1 is 1.12 bits per heavy atom. The summed E-state index contributed by atoms with van der Waals surface area (Å²) in [6.45, 7) is 9.20. The van der Waals surface area contributed by atoms with Crippen LogP contribution in [-0.2, 0) is 0 Å². The number of carbonyl (C=O) groups excluding carboxylic acids is 1. The molecule has 0 spiro atoms. The number of hydrogen-bond acceptors (Lipinski definition) is 3. The topological polar surface area (TPSA) is 78.1 Å². The number of aryl methyl sites for hydroxylation is 4. The molecule has 0 saturated carbocycles. The molecule has 1 aromatic carbocycles. The first-order valence-electron chi connectivity index (χ1n) is 9.05. The molecule has 1 aliphatic heterocycles. The highest BCUT2D eigenvalue weighted by molar-refractivity contribution is 5.91. The summed E-state index contributed by atoms with van der Waals surface area (Å²) in [5, 5.41) is 3.06. The number of aromatic nitrogens is 2.